The van der Waals surface area contributed by atoms with Crippen molar-refractivity contribution in [2.75, 3.05) is 0 Å². The Labute approximate surface area is 366 Å². The molecule has 1 heterocycles. The maximum absolute atomic E-state index is 3.16. The first-order valence-corrected chi connectivity index (χ1v) is 27.7. The SMILES string of the molecule is CC(C)CC1=C(c2cccc3ccc4ccccc4c23)c2ccccc2[CH]1[Zr+2]1([CH]2C(CC(C)C)=C(c3cccc4ccc5ccccc5c34)c3ccccc32)[CH2][CH2]1.[Cl-].[Cl-]. The van der Waals surface area contributed by atoms with Gasteiger partial charge in [-0.3, -0.25) is 0 Å². The fourth-order valence-electron chi connectivity index (χ4n) is 11.7. The molecular weight excluding hydrogens is 835 g/mol. The van der Waals surface area contributed by atoms with E-state index < -0.39 is 20.3 Å². The monoisotopic (exact) mass is 882 g/mol. The quantitative estimate of drug-likeness (QED) is 0.134. The van der Waals surface area contributed by atoms with Crippen molar-refractivity contribution in [2.45, 2.75) is 56.0 Å². The Morgan fingerprint density at radius 1 is 0.407 bits per heavy atom. The first kappa shape index (κ1) is 40.2. The standard InChI is InChI=1S/2C27H23.C2H4.2ClH.Zr/c2*1-18(2)16-22-17-21-9-4-6-12-24(21)27(22)25-13-7-10-20-15-14-19-8-3-5-11-23(19)26(20)25;1-2;;;/h2*3-15,17-18H,16H2,1-2H3;1-2H2;2*1H;/q;;;;;+2/p-2. The fourth-order valence-corrected chi connectivity index (χ4v) is 29.2. The molecular formula is C56H50Cl2Zr. The van der Waals surface area contributed by atoms with Crippen molar-refractivity contribution in [3.63, 3.8) is 0 Å². The molecule has 0 nitrogen and oxygen atoms in total. The largest absolute Gasteiger partial charge is 1.00 e. The van der Waals surface area contributed by atoms with Gasteiger partial charge in [0, 0.05) is 0 Å². The first-order valence-electron chi connectivity index (χ1n) is 21.4. The number of hydrogen-bond donors (Lipinski definition) is 0. The normalized spacial score (nSPS) is 17.3. The summed E-state index contributed by atoms with van der Waals surface area (Å²) in [6.45, 7) is 9.82. The van der Waals surface area contributed by atoms with E-state index in [1.165, 1.54) is 73.6 Å². The van der Waals surface area contributed by atoms with Crippen LogP contribution < -0.4 is 24.8 Å². The molecule has 2 aliphatic carbocycles. The molecule has 0 spiro atoms. The van der Waals surface area contributed by atoms with Crippen molar-refractivity contribution < 1.29 is 45.1 Å². The van der Waals surface area contributed by atoms with E-state index in [4.69, 9.17) is 0 Å². The summed E-state index contributed by atoms with van der Waals surface area (Å²) in [6, 6.07) is 61.0. The Hall–Kier alpha value is -4.26. The zero-order chi connectivity index (χ0) is 38.4. The van der Waals surface area contributed by atoms with Crippen LogP contribution >= 0.6 is 0 Å². The summed E-state index contributed by atoms with van der Waals surface area (Å²) >= 11 is -3.16. The second-order valence-corrected chi connectivity index (χ2v) is 29.5. The van der Waals surface area contributed by atoms with Gasteiger partial charge in [-0.05, 0) is 0 Å². The van der Waals surface area contributed by atoms with E-state index in [1.807, 2.05) is 0 Å². The van der Waals surface area contributed by atoms with Crippen molar-refractivity contribution >= 4 is 54.2 Å². The summed E-state index contributed by atoms with van der Waals surface area (Å²) in [6.07, 6.45) is 2.29. The van der Waals surface area contributed by atoms with Crippen molar-refractivity contribution in [3.05, 3.63) is 202 Å². The summed E-state index contributed by atoms with van der Waals surface area (Å²) in [5, 5.41) is 10.9. The third-order valence-electron chi connectivity index (χ3n) is 13.7. The molecule has 11 rings (SSSR count). The second-order valence-electron chi connectivity index (χ2n) is 18.2. The van der Waals surface area contributed by atoms with Gasteiger partial charge in [-0.25, -0.2) is 0 Å². The van der Waals surface area contributed by atoms with Crippen molar-refractivity contribution in [1.29, 1.82) is 0 Å². The smallest absolute Gasteiger partial charge is 1.00 e. The average Bonchev–Trinajstić information content (AvgIpc) is 3.85. The number of benzene rings is 8. The topological polar surface area (TPSA) is 0 Å². The van der Waals surface area contributed by atoms with E-state index in [2.05, 4.69) is 185 Å². The van der Waals surface area contributed by atoms with E-state index in [1.54, 1.807) is 33.4 Å². The molecule has 1 fully saturated rings. The first-order chi connectivity index (χ1) is 27.9. The summed E-state index contributed by atoms with van der Waals surface area (Å²) in [5.41, 5.74) is 15.8. The molecule has 0 aromatic heterocycles. The third kappa shape index (κ3) is 6.33. The van der Waals surface area contributed by atoms with Gasteiger partial charge in [-0.2, -0.15) is 0 Å². The Kier molecular flexibility index (Phi) is 10.7. The van der Waals surface area contributed by atoms with Crippen LogP contribution in [0.5, 0.6) is 0 Å². The van der Waals surface area contributed by atoms with E-state index in [0.717, 1.165) is 12.8 Å². The zero-order valence-corrected chi connectivity index (χ0v) is 38.4. The molecule has 2 atom stereocenters. The molecule has 0 N–H and O–H groups in total. The molecule has 3 heteroatoms. The molecule has 8 aromatic carbocycles. The van der Waals surface area contributed by atoms with E-state index in [-0.39, 0.29) is 24.8 Å². The number of hydrogen-bond acceptors (Lipinski definition) is 0. The zero-order valence-electron chi connectivity index (χ0n) is 34.4. The predicted molar refractivity (Wildman–Crippen MR) is 242 cm³/mol. The molecule has 0 saturated carbocycles. The molecule has 2 unspecified atom stereocenters. The van der Waals surface area contributed by atoms with Gasteiger partial charge in [0.15, 0.2) is 0 Å². The van der Waals surface area contributed by atoms with E-state index in [0.29, 0.717) is 19.1 Å². The third-order valence-corrected chi connectivity index (χ3v) is 26.7. The van der Waals surface area contributed by atoms with Crippen LogP contribution in [0.4, 0.5) is 0 Å². The van der Waals surface area contributed by atoms with Crippen molar-refractivity contribution in [3.8, 4) is 0 Å². The Morgan fingerprint density at radius 3 is 1.19 bits per heavy atom. The Balaban J connectivity index is 0.00000224. The van der Waals surface area contributed by atoms with Crippen LogP contribution in [0.1, 0.15) is 81.2 Å². The van der Waals surface area contributed by atoms with Gasteiger partial charge in [0.1, 0.15) is 0 Å². The Morgan fingerprint density at radius 2 is 0.763 bits per heavy atom. The molecule has 0 bridgehead atoms. The van der Waals surface area contributed by atoms with Crippen LogP contribution in [0.25, 0.3) is 54.2 Å². The fraction of sp³-hybridized carbons (Fsp3) is 0.214. The number of halogens is 2. The van der Waals surface area contributed by atoms with Crippen LogP contribution in [0.2, 0.25) is 8.26 Å². The van der Waals surface area contributed by atoms with Gasteiger partial charge < -0.3 is 24.8 Å². The van der Waals surface area contributed by atoms with Gasteiger partial charge in [0.05, 0.1) is 0 Å². The van der Waals surface area contributed by atoms with Crippen LogP contribution in [0.3, 0.4) is 0 Å². The molecule has 292 valence electrons. The van der Waals surface area contributed by atoms with Gasteiger partial charge in [-0.15, -0.1) is 0 Å². The second kappa shape index (κ2) is 15.6. The summed E-state index contributed by atoms with van der Waals surface area (Å²) < 4.78 is 4.03. The van der Waals surface area contributed by atoms with Crippen molar-refractivity contribution in [2.24, 2.45) is 11.8 Å². The predicted octanol–water partition coefficient (Wildman–Crippen LogP) is 9.82. The maximum Gasteiger partial charge on any atom is -1.00 e. The summed E-state index contributed by atoms with van der Waals surface area (Å²) in [4.78, 5) is 0. The van der Waals surface area contributed by atoms with Crippen molar-refractivity contribution in [1.82, 2.24) is 0 Å². The number of allylic oxidation sites excluding steroid dienone is 2. The average molecular weight is 885 g/mol. The summed E-state index contributed by atoms with van der Waals surface area (Å²) in [7, 11) is 0. The molecule has 59 heavy (non-hydrogen) atoms. The molecule has 1 saturated heterocycles. The Bertz CT molecular complexity index is 2800. The minimum Gasteiger partial charge on any atom is -1.00 e. The minimum absolute atomic E-state index is 0. The number of fused-ring (bicyclic) bond motifs is 8. The van der Waals surface area contributed by atoms with Crippen LogP contribution in [0, 0.1) is 11.8 Å². The number of rotatable bonds is 8. The van der Waals surface area contributed by atoms with Crippen LogP contribution in [0.15, 0.2) is 169 Å². The van der Waals surface area contributed by atoms with Crippen LogP contribution in [-0.2, 0) is 20.3 Å². The van der Waals surface area contributed by atoms with Gasteiger partial charge in [-0.1, -0.05) is 0 Å². The molecule has 3 aliphatic rings. The maximum atomic E-state index is 2.55. The molecule has 8 aromatic rings. The molecule has 0 amide bonds. The van der Waals surface area contributed by atoms with Gasteiger partial charge in [0.25, 0.3) is 0 Å². The van der Waals surface area contributed by atoms with E-state index in [9.17, 15) is 0 Å². The van der Waals surface area contributed by atoms with Gasteiger partial charge >= 0.3 is 345 Å². The van der Waals surface area contributed by atoms with E-state index >= 15 is 0 Å². The molecule has 1 aliphatic heterocycles. The molecule has 0 radical (unpaired) electrons. The summed E-state index contributed by atoms with van der Waals surface area (Å²) in [5.74, 6) is 1.14. The minimum atomic E-state index is -3.16. The van der Waals surface area contributed by atoms with Crippen LogP contribution in [-0.4, -0.2) is 0 Å². The van der Waals surface area contributed by atoms with Gasteiger partial charge in [0.2, 0.25) is 0 Å².